The minimum Gasteiger partial charge on any atom is -0.495 e. The van der Waals surface area contributed by atoms with Gasteiger partial charge < -0.3 is 20.1 Å². The van der Waals surface area contributed by atoms with E-state index in [1.165, 1.54) is 32.0 Å². The number of aliphatic carboxylic acids is 1. The molecule has 1 fully saturated rings. The van der Waals surface area contributed by atoms with Gasteiger partial charge in [0.15, 0.2) is 0 Å². The molecule has 1 atom stereocenters. The Balaban J connectivity index is 2.35. The highest BCUT2D eigenvalue weighted by atomic mass is 16.5. The standard InChI is InChI=1S/C15H19N3O5/c1-9(14(20)21)17(2)13(19)10-4-5-12(23-3)11(8-10)18-7-6-16-15(18)22/h4-5,8-9H,6-7H2,1-3H3,(H,16,22)(H,20,21). The average Bonchev–Trinajstić information content (AvgIpc) is 2.97. The molecular weight excluding hydrogens is 302 g/mol. The molecule has 1 aliphatic rings. The maximum Gasteiger partial charge on any atom is 0.326 e. The first-order chi connectivity index (χ1) is 10.9. The van der Waals surface area contributed by atoms with Gasteiger partial charge >= 0.3 is 12.0 Å². The third-order valence-corrected chi connectivity index (χ3v) is 3.83. The van der Waals surface area contributed by atoms with Gasteiger partial charge in [-0.05, 0) is 25.1 Å². The van der Waals surface area contributed by atoms with Crippen LogP contribution in [0.25, 0.3) is 0 Å². The number of hydrogen-bond acceptors (Lipinski definition) is 4. The van der Waals surface area contributed by atoms with E-state index in [9.17, 15) is 14.4 Å². The van der Waals surface area contributed by atoms with Crippen molar-refractivity contribution in [3.8, 4) is 5.75 Å². The molecule has 1 aliphatic heterocycles. The van der Waals surface area contributed by atoms with E-state index in [4.69, 9.17) is 9.84 Å². The second-order valence-corrected chi connectivity index (χ2v) is 5.20. The van der Waals surface area contributed by atoms with E-state index in [0.717, 1.165) is 4.90 Å². The van der Waals surface area contributed by atoms with Crippen molar-refractivity contribution in [3.05, 3.63) is 23.8 Å². The lowest BCUT2D eigenvalue weighted by atomic mass is 10.1. The zero-order valence-corrected chi connectivity index (χ0v) is 13.2. The predicted octanol–water partition coefficient (Wildman–Crippen LogP) is 0.770. The number of carboxylic acids is 1. The van der Waals surface area contributed by atoms with Crippen LogP contribution >= 0.6 is 0 Å². The first kappa shape index (κ1) is 16.6. The van der Waals surface area contributed by atoms with Crippen LogP contribution in [-0.4, -0.2) is 61.2 Å². The predicted molar refractivity (Wildman–Crippen MR) is 82.9 cm³/mol. The monoisotopic (exact) mass is 321 g/mol. The molecule has 1 saturated heterocycles. The van der Waals surface area contributed by atoms with Crippen molar-refractivity contribution >= 4 is 23.6 Å². The summed E-state index contributed by atoms with van der Waals surface area (Å²) in [5, 5.41) is 11.7. The first-order valence-electron chi connectivity index (χ1n) is 7.10. The van der Waals surface area contributed by atoms with E-state index < -0.39 is 17.9 Å². The maximum absolute atomic E-state index is 12.4. The van der Waals surface area contributed by atoms with E-state index in [1.54, 1.807) is 12.1 Å². The second kappa shape index (κ2) is 6.55. The van der Waals surface area contributed by atoms with E-state index in [0.29, 0.717) is 24.5 Å². The SMILES string of the molecule is COc1ccc(C(=O)N(C)C(C)C(=O)O)cc1N1CCNC1=O. The number of carbonyl (C=O) groups excluding carboxylic acids is 2. The minimum absolute atomic E-state index is 0.264. The molecule has 0 spiro atoms. The number of methoxy groups -OCH3 is 1. The van der Waals surface area contributed by atoms with Crippen LogP contribution < -0.4 is 15.0 Å². The summed E-state index contributed by atoms with van der Waals surface area (Å²) in [6.07, 6.45) is 0. The minimum atomic E-state index is -1.09. The van der Waals surface area contributed by atoms with Gasteiger partial charge in [0, 0.05) is 25.7 Å². The highest BCUT2D eigenvalue weighted by molar-refractivity contribution is 6.00. The number of nitrogens with zero attached hydrogens (tertiary/aromatic N) is 2. The van der Waals surface area contributed by atoms with Crippen LogP contribution in [0.3, 0.4) is 0 Å². The summed E-state index contributed by atoms with van der Waals surface area (Å²) in [4.78, 5) is 37.9. The van der Waals surface area contributed by atoms with Crippen molar-refractivity contribution < 1.29 is 24.2 Å². The highest BCUT2D eigenvalue weighted by Crippen LogP contribution is 2.31. The Morgan fingerprint density at radius 3 is 2.65 bits per heavy atom. The second-order valence-electron chi connectivity index (χ2n) is 5.20. The fraction of sp³-hybridized carbons (Fsp3) is 0.400. The molecule has 0 radical (unpaired) electrons. The maximum atomic E-state index is 12.4. The van der Waals surface area contributed by atoms with Crippen LogP contribution in [0.4, 0.5) is 10.5 Å². The Kier molecular flexibility index (Phi) is 4.73. The van der Waals surface area contributed by atoms with E-state index in [-0.39, 0.29) is 11.6 Å². The fourth-order valence-electron chi connectivity index (χ4n) is 2.28. The smallest absolute Gasteiger partial charge is 0.326 e. The van der Waals surface area contributed by atoms with Crippen molar-refractivity contribution in [3.63, 3.8) is 0 Å². The Morgan fingerprint density at radius 2 is 2.13 bits per heavy atom. The number of likely N-dealkylation sites (N-methyl/N-ethyl adjacent to an activating group) is 1. The Hall–Kier alpha value is -2.77. The summed E-state index contributed by atoms with van der Waals surface area (Å²) in [6.45, 7) is 2.41. The van der Waals surface area contributed by atoms with Gasteiger partial charge in [0.2, 0.25) is 0 Å². The van der Waals surface area contributed by atoms with Crippen LogP contribution in [0.5, 0.6) is 5.75 Å². The molecule has 1 aromatic rings. The molecule has 8 heteroatoms. The molecule has 124 valence electrons. The van der Waals surface area contributed by atoms with Crippen LogP contribution in [0.2, 0.25) is 0 Å². The van der Waals surface area contributed by atoms with Crippen LogP contribution in [0, 0.1) is 0 Å². The lowest BCUT2D eigenvalue weighted by Crippen LogP contribution is -2.40. The van der Waals surface area contributed by atoms with Gasteiger partial charge in [-0.3, -0.25) is 9.69 Å². The van der Waals surface area contributed by atoms with Crippen molar-refractivity contribution in [2.24, 2.45) is 0 Å². The van der Waals surface area contributed by atoms with Gasteiger partial charge in [0.25, 0.3) is 5.91 Å². The molecule has 23 heavy (non-hydrogen) atoms. The number of carbonyl (C=O) groups is 3. The Bertz CT molecular complexity index is 646. The average molecular weight is 321 g/mol. The molecule has 1 unspecified atom stereocenters. The molecule has 3 amide bonds. The molecule has 0 saturated carbocycles. The Labute approximate surface area is 133 Å². The number of nitrogens with one attached hydrogen (secondary N) is 1. The Morgan fingerprint density at radius 1 is 1.43 bits per heavy atom. The molecule has 1 aromatic carbocycles. The third-order valence-electron chi connectivity index (χ3n) is 3.83. The van der Waals surface area contributed by atoms with Crippen LogP contribution in [0.15, 0.2) is 18.2 Å². The molecule has 0 bridgehead atoms. The summed E-state index contributed by atoms with van der Waals surface area (Å²) in [6, 6.07) is 3.46. The largest absolute Gasteiger partial charge is 0.495 e. The quantitative estimate of drug-likeness (QED) is 0.834. The third kappa shape index (κ3) is 3.20. The zero-order valence-electron chi connectivity index (χ0n) is 13.2. The van der Waals surface area contributed by atoms with Crippen molar-refractivity contribution in [1.82, 2.24) is 10.2 Å². The molecular formula is C15H19N3O5. The van der Waals surface area contributed by atoms with Crippen molar-refractivity contribution in [1.29, 1.82) is 0 Å². The summed E-state index contributed by atoms with van der Waals surface area (Å²) in [5.74, 6) is -1.07. The van der Waals surface area contributed by atoms with Crippen molar-refractivity contribution in [2.45, 2.75) is 13.0 Å². The highest BCUT2D eigenvalue weighted by Gasteiger charge is 2.27. The fourth-order valence-corrected chi connectivity index (χ4v) is 2.28. The molecule has 2 N–H and O–H groups in total. The zero-order chi connectivity index (χ0) is 17.1. The molecule has 2 rings (SSSR count). The number of anilines is 1. The van der Waals surface area contributed by atoms with Gasteiger partial charge in [0.05, 0.1) is 12.8 Å². The number of amides is 3. The number of hydrogen-bond donors (Lipinski definition) is 2. The van der Waals surface area contributed by atoms with Gasteiger partial charge in [-0.15, -0.1) is 0 Å². The normalized spacial score (nSPS) is 15.1. The van der Waals surface area contributed by atoms with Gasteiger partial charge in [-0.2, -0.15) is 0 Å². The lowest BCUT2D eigenvalue weighted by Gasteiger charge is -2.23. The first-order valence-corrected chi connectivity index (χ1v) is 7.10. The topological polar surface area (TPSA) is 99.2 Å². The molecule has 8 nitrogen and oxygen atoms in total. The summed E-state index contributed by atoms with van der Waals surface area (Å²) in [5.41, 5.74) is 0.765. The van der Waals surface area contributed by atoms with E-state index >= 15 is 0 Å². The summed E-state index contributed by atoms with van der Waals surface area (Å²) < 4.78 is 5.25. The summed E-state index contributed by atoms with van der Waals surface area (Å²) in [7, 11) is 2.90. The van der Waals surface area contributed by atoms with Gasteiger partial charge in [0.1, 0.15) is 11.8 Å². The number of rotatable bonds is 5. The number of ether oxygens (including phenoxy) is 1. The van der Waals surface area contributed by atoms with Crippen molar-refractivity contribution in [2.75, 3.05) is 32.1 Å². The van der Waals surface area contributed by atoms with Gasteiger partial charge in [-0.1, -0.05) is 0 Å². The van der Waals surface area contributed by atoms with E-state index in [1.807, 2.05) is 0 Å². The molecule has 0 aliphatic carbocycles. The number of benzene rings is 1. The van der Waals surface area contributed by atoms with E-state index in [2.05, 4.69) is 5.32 Å². The van der Waals surface area contributed by atoms with Crippen LogP contribution in [-0.2, 0) is 4.79 Å². The van der Waals surface area contributed by atoms with Gasteiger partial charge in [-0.25, -0.2) is 9.59 Å². The molecule has 0 aromatic heterocycles. The van der Waals surface area contributed by atoms with Crippen LogP contribution in [0.1, 0.15) is 17.3 Å². The number of carboxylic acid groups (broad SMARTS) is 1. The lowest BCUT2D eigenvalue weighted by molar-refractivity contribution is -0.141. The summed E-state index contributed by atoms with van der Waals surface area (Å²) >= 11 is 0. The molecule has 1 heterocycles. The number of urea groups is 1.